The fraction of sp³-hybridized carbons (Fsp3) is 0.600. The number of hydrogen-bond acceptors (Lipinski definition) is 3. The van der Waals surface area contributed by atoms with Gasteiger partial charge in [0.15, 0.2) is 0 Å². The van der Waals surface area contributed by atoms with E-state index in [1.807, 2.05) is 12.1 Å². The van der Waals surface area contributed by atoms with Gasteiger partial charge >= 0.3 is 0 Å². The van der Waals surface area contributed by atoms with Crippen LogP contribution in [0.4, 0.5) is 0 Å². The molecule has 4 heteroatoms. The lowest BCUT2D eigenvalue weighted by Gasteiger charge is -2.40. The van der Waals surface area contributed by atoms with E-state index in [2.05, 4.69) is 24.0 Å². The van der Waals surface area contributed by atoms with E-state index < -0.39 is 0 Å². The van der Waals surface area contributed by atoms with Gasteiger partial charge in [-0.2, -0.15) is 0 Å². The van der Waals surface area contributed by atoms with Crippen molar-refractivity contribution in [2.75, 3.05) is 32.8 Å². The molecule has 106 valence electrons. The van der Waals surface area contributed by atoms with Gasteiger partial charge in [0.2, 0.25) is 0 Å². The van der Waals surface area contributed by atoms with Crippen molar-refractivity contribution < 1.29 is 4.74 Å². The van der Waals surface area contributed by atoms with Crippen LogP contribution < -0.4 is 5.73 Å². The summed E-state index contributed by atoms with van der Waals surface area (Å²) in [5.74, 6) is 0. The average molecular weight is 283 g/mol. The zero-order chi connectivity index (χ0) is 13.7. The van der Waals surface area contributed by atoms with Crippen LogP contribution in [0.2, 0.25) is 5.02 Å². The van der Waals surface area contributed by atoms with E-state index in [0.29, 0.717) is 6.54 Å². The molecule has 0 saturated carbocycles. The van der Waals surface area contributed by atoms with Crippen LogP contribution in [0.25, 0.3) is 0 Å². The summed E-state index contributed by atoms with van der Waals surface area (Å²) in [6.07, 6.45) is 2.02. The predicted octanol–water partition coefficient (Wildman–Crippen LogP) is 2.32. The molecule has 0 bridgehead atoms. The zero-order valence-corrected chi connectivity index (χ0v) is 12.3. The van der Waals surface area contributed by atoms with Crippen LogP contribution in [0, 0.1) is 0 Å². The molecule has 1 aromatic carbocycles. The second kappa shape index (κ2) is 6.71. The van der Waals surface area contributed by atoms with Gasteiger partial charge in [-0.15, -0.1) is 0 Å². The Morgan fingerprint density at radius 1 is 1.26 bits per heavy atom. The third kappa shape index (κ3) is 3.93. The normalized spacial score (nSPS) is 20.8. The summed E-state index contributed by atoms with van der Waals surface area (Å²) >= 11 is 5.94. The molecular formula is C15H23ClN2O. The first-order chi connectivity index (χ1) is 9.14. The van der Waals surface area contributed by atoms with Crippen molar-refractivity contribution in [3.05, 3.63) is 34.9 Å². The second-order valence-electron chi connectivity index (χ2n) is 5.46. The molecule has 2 rings (SSSR count). The smallest absolute Gasteiger partial charge is 0.0593 e. The SMILES string of the molecule is CC(CN)(Cc1ccc(Cl)cc1)N1CCCOCC1. The third-order valence-electron chi connectivity index (χ3n) is 3.92. The van der Waals surface area contributed by atoms with Gasteiger partial charge < -0.3 is 10.5 Å². The summed E-state index contributed by atoms with van der Waals surface area (Å²) in [6, 6.07) is 8.06. The highest BCUT2D eigenvalue weighted by Crippen LogP contribution is 2.22. The summed E-state index contributed by atoms with van der Waals surface area (Å²) in [4.78, 5) is 2.47. The van der Waals surface area contributed by atoms with Crippen molar-refractivity contribution in [3.63, 3.8) is 0 Å². The maximum Gasteiger partial charge on any atom is 0.0593 e. The Hall–Kier alpha value is -0.610. The molecule has 1 aromatic rings. The lowest BCUT2D eigenvalue weighted by molar-refractivity contribution is 0.0940. The maximum atomic E-state index is 6.06. The van der Waals surface area contributed by atoms with Crippen LogP contribution in [0.1, 0.15) is 18.9 Å². The molecule has 19 heavy (non-hydrogen) atoms. The molecule has 0 radical (unpaired) electrons. The predicted molar refractivity (Wildman–Crippen MR) is 79.6 cm³/mol. The van der Waals surface area contributed by atoms with E-state index in [-0.39, 0.29) is 5.54 Å². The number of halogens is 1. The molecular weight excluding hydrogens is 260 g/mol. The molecule has 1 fully saturated rings. The molecule has 1 heterocycles. The van der Waals surface area contributed by atoms with Crippen molar-refractivity contribution in [2.24, 2.45) is 5.73 Å². The molecule has 0 amide bonds. The molecule has 0 aliphatic carbocycles. The van der Waals surface area contributed by atoms with E-state index in [9.17, 15) is 0 Å². The van der Waals surface area contributed by atoms with Crippen LogP contribution in [0.15, 0.2) is 24.3 Å². The highest BCUT2D eigenvalue weighted by molar-refractivity contribution is 6.30. The lowest BCUT2D eigenvalue weighted by Crippen LogP contribution is -2.54. The second-order valence-corrected chi connectivity index (χ2v) is 5.89. The van der Waals surface area contributed by atoms with Gasteiger partial charge in [-0.05, 0) is 37.5 Å². The maximum absolute atomic E-state index is 6.06. The Labute approximate surface area is 120 Å². The van der Waals surface area contributed by atoms with Gasteiger partial charge in [-0.25, -0.2) is 0 Å². The van der Waals surface area contributed by atoms with Crippen molar-refractivity contribution in [3.8, 4) is 0 Å². The fourth-order valence-corrected chi connectivity index (χ4v) is 2.77. The minimum atomic E-state index is -0.0124. The molecule has 3 nitrogen and oxygen atoms in total. The summed E-state index contributed by atoms with van der Waals surface area (Å²) < 4.78 is 5.53. The Morgan fingerprint density at radius 2 is 2.00 bits per heavy atom. The van der Waals surface area contributed by atoms with Gasteiger partial charge in [-0.1, -0.05) is 23.7 Å². The quantitative estimate of drug-likeness (QED) is 0.921. The number of rotatable bonds is 4. The van der Waals surface area contributed by atoms with E-state index >= 15 is 0 Å². The number of benzene rings is 1. The average Bonchev–Trinajstić information content (AvgIpc) is 2.71. The van der Waals surface area contributed by atoms with Crippen LogP contribution in [0.3, 0.4) is 0 Å². The third-order valence-corrected chi connectivity index (χ3v) is 4.18. The van der Waals surface area contributed by atoms with E-state index in [4.69, 9.17) is 22.1 Å². The molecule has 0 aromatic heterocycles. The molecule has 1 aliphatic heterocycles. The molecule has 1 atom stereocenters. The largest absolute Gasteiger partial charge is 0.380 e. The van der Waals surface area contributed by atoms with Crippen molar-refractivity contribution in [2.45, 2.75) is 25.3 Å². The first kappa shape index (κ1) is 14.8. The summed E-state index contributed by atoms with van der Waals surface area (Å²) in [5, 5.41) is 0.779. The van der Waals surface area contributed by atoms with Crippen molar-refractivity contribution in [1.29, 1.82) is 0 Å². The van der Waals surface area contributed by atoms with Gasteiger partial charge in [0.05, 0.1) is 6.61 Å². The van der Waals surface area contributed by atoms with E-state index in [1.165, 1.54) is 5.56 Å². The van der Waals surface area contributed by atoms with Gasteiger partial charge in [0, 0.05) is 36.8 Å². The van der Waals surface area contributed by atoms with E-state index in [1.54, 1.807) is 0 Å². The summed E-state index contributed by atoms with van der Waals surface area (Å²) in [7, 11) is 0. The van der Waals surface area contributed by atoms with Gasteiger partial charge in [0.1, 0.15) is 0 Å². The summed E-state index contributed by atoms with van der Waals surface area (Å²) in [5.41, 5.74) is 7.33. The summed E-state index contributed by atoms with van der Waals surface area (Å²) in [6.45, 7) is 6.57. The molecule has 2 N–H and O–H groups in total. The van der Waals surface area contributed by atoms with Crippen LogP contribution in [0.5, 0.6) is 0 Å². The molecule has 1 saturated heterocycles. The standard InChI is InChI=1S/C15H23ClN2O/c1-15(12-17,18-7-2-9-19-10-8-18)11-13-3-5-14(16)6-4-13/h3-6H,2,7-12,17H2,1H3. The fourth-order valence-electron chi connectivity index (χ4n) is 2.64. The number of ether oxygens (including phenoxy) is 1. The highest BCUT2D eigenvalue weighted by Gasteiger charge is 2.31. The zero-order valence-electron chi connectivity index (χ0n) is 11.6. The number of nitrogens with zero attached hydrogens (tertiary/aromatic N) is 1. The minimum absolute atomic E-state index is 0.0124. The van der Waals surface area contributed by atoms with Crippen LogP contribution >= 0.6 is 11.6 Å². The Kier molecular flexibility index (Phi) is 5.22. The van der Waals surface area contributed by atoms with Crippen LogP contribution in [-0.2, 0) is 11.2 Å². The first-order valence-electron chi connectivity index (χ1n) is 6.91. The van der Waals surface area contributed by atoms with Gasteiger partial charge in [-0.3, -0.25) is 4.90 Å². The highest BCUT2D eigenvalue weighted by atomic mass is 35.5. The Bertz CT molecular complexity index is 388. The van der Waals surface area contributed by atoms with Crippen LogP contribution in [-0.4, -0.2) is 43.3 Å². The molecule has 1 aliphatic rings. The lowest BCUT2D eigenvalue weighted by atomic mass is 9.90. The van der Waals surface area contributed by atoms with E-state index in [0.717, 1.165) is 44.2 Å². The monoisotopic (exact) mass is 282 g/mol. The van der Waals surface area contributed by atoms with Crippen molar-refractivity contribution >= 4 is 11.6 Å². The topological polar surface area (TPSA) is 38.5 Å². The number of hydrogen-bond donors (Lipinski definition) is 1. The number of nitrogens with two attached hydrogens (primary N) is 1. The van der Waals surface area contributed by atoms with Gasteiger partial charge in [0.25, 0.3) is 0 Å². The molecule has 1 unspecified atom stereocenters. The minimum Gasteiger partial charge on any atom is -0.380 e. The molecule has 0 spiro atoms. The first-order valence-corrected chi connectivity index (χ1v) is 7.29. The van der Waals surface area contributed by atoms with Crippen molar-refractivity contribution in [1.82, 2.24) is 4.90 Å². The Balaban J connectivity index is 2.09. The Morgan fingerprint density at radius 3 is 2.68 bits per heavy atom.